The van der Waals surface area contributed by atoms with Gasteiger partial charge < -0.3 is 37.2 Å². The number of hydrogen-bond acceptors (Lipinski definition) is 0. The molecule has 0 saturated heterocycles. The third kappa shape index (κ3) is 8.25. The normalized spacial score (nSPS) is 17.3. The van der Waals surface area contributed by atoms with Crippen molar-refractivity contribution in [3.8, 4) is 0 Å². The minimum absolute atomic E-state index is 0. The zero-order chi connectivity index (χ0) is 15.4. The van der Waals surface area contributed by atoms with Crippen molar-refractivity contribution in [2.45, 2.75) is 58.8 Å². The minimum atomic E-state index is -0.298. The SMILES string of the molecule is CC(C)C1=C([SiH2]c2ccccc2)CC(CC2CCCCC2)=[C-]1.[Cl-].[Cl-].[Cl-].[Ti+4]. The molecule has 142 valence electrons. The van der Waals surface area contributed by atoms with Gasteiger partial charge in [-0.05, 0) is 21.9 Å². The van der Waals surface area contributed by atoms with Crippen LogP contribution in [0.15, 0.2) is 46.7 Å². The van der Waals surface area contributed by atoms with Gasteiger partial charge in [-0.1, -0.05) is 93.8 Å². The van der Waals surface area contributed by atoms with Gasteiger partial charge in [-0.3, -0.25) is 0 Å². The summed E-state index contributed by atoms with van der Waals surface area (Å²) in [6, 6.07) is 11.1. The Morgan fingerprint density at radius 2 is 1.62 bits per heavy atom. The minimum Gasteiger partial charge on any atom is -1.00 e. The quantitative estimate of drug-likeness (QED) is 0.305. The van der Waals surface area contributed by atoms with E-state index in [1.807, 2.05) is 0 Å². The smallest absolute Gasteiger partial charge is 1.00 e. The molecule has 26 heavy (non-hydrogen) atoms. The predicted octanol–water partition coefficient (Wildman–Crippen LogP) is -4.50. The summed E-state index contributed by atoms with van der Waals surface area (Å²) in [6.45, 7) is 4.68. The molecule has 0 amide bonds. The van der Waals surface area contributed by atoms with E-state index in [1.165, 1.54) is 44.9 Å². The number of rotatable bonds is 5. The van der Waals surface area contributed by atoms with Gasteiger partial charge in [0.05, 0.1) is 0 Å². The standard InChI is InChI=1S/C21H29Si.3ClH.Ti/c1-16(2)20-14-18(13-17-9-5-3-6-10-17)15-21(20)22-19-11-7-4-8-12-19;;;;/h4,7-8,11-12,16-17H,3,5-6,9-10,13,15,22H2,1-2H3;3*1H;/q-1;;;;+4/p-3. The average Bonchev–Trinajstić information content (AvgIpc) is 2.92. The van der Waals surface area contributed by atoms with Crippen molar-refractivity contribution in [2.24, 2.45) is 11.8 Å². The molecular weight excluding hydrogens is 435 g/mol. The maximum absolute atomic E-state index is 3.84. The number of allylic oxidation sites excluding steroid dienone is 4. The summed E-state index contributed by atoms with van der Waals surface area (Å²) in [5.74, 6) is 1.58. The molecule has 0 aromatic heterocycles. The number of hydrogen-bond donors (Lipinski definition) is 0. The Hall–Kier alpha value is 0.501. The Balaban J connectivity index is 0. The van der Waals surface area contributed by atoms with Crippen LogP contribution in [-0.2, 0) is 21.7 Å². The topological polar surface area (TPSA) is 0 Å². The molecule has 0 aliphatic heterocycles. The van der Waals surface area contributed by atoms with E-state index in [4.69, 9.17) is 0 Å². The third-order valence-electron chi connectivity index (χ3n) is 5.22. The van der Waals surface area contributed by atoms with E-state index in [2.05, 4.69) is 50.3 Å². The van der Waals surface area contributed by atoms with Gasteiger partial charge in [-0.2, -0.15) is 5.57 Å². The Bertz CT molecular complexity index is 564. The van der Waals surface area contributed by atoms with Crippen LogP contribution in [0.2, 0.25) is 0 Å². The summed E-state index contributed by atoms with van der Waals surface area (Å²) in [4.78, 5) is 0. The first-order valence-corrected chi connectivity index (χ1v) is 10.5. The fraction of sp³-hybridized carbons (Fsp3) is 0.524. The molecule has 1 aromatic carbocycles. The summed E-state index contributed by atoms with van der Waals surface area (Å²) in [5, 5.41) is 3.34. The molecule has 0 spiro atoms. The van der Waals surface area contributed by atoms with Gasteiger partial charge in [0, 0.05) is 0 Å². The van der Waals surface area contributed by atoms with Crippen molar-refractivity contribution < 1.29 is 58.9 Å². The van der Waals surface area contributed by atoms with E-state index in [1.54, 1.807) is 21.5 Å². The summed E-state index contributed by atoms with van der Waals surface area (Å²) in [7, 11) is -0.298. The molecule has 0 nitrogen and oxygen atoms in total. The van der Waals surface area contributed by atoms with E-state index in [0.29, 0.717) is 5.92 Å². The second-order valence-electron chi connectivity index (χ2n) is 7.45. The maximum Gasteiger partial charge on any atom is 4.00 e. The van der Waals surface area contributed by atoms with Crippen LogP contribution >= 0.6 is 0 Å². The predicted molar refractivity (Wildman–Crippen MR) is 99.0 cm³/mol. The first-order valence-electron chi connectivity index (χ1n) is 9.10. The molecule has 2 aliphatic rings. The second-order valence-corrected chi connectivity index (χ2v) is 9.47. The molecule has 1 saturated carbocycles. The van der Waals surface area contributed by atoms with Crippen LogP contribution in [0.5, 0.6) is 0 Å². The summed E-state index contributed by atoms with van der Waals surface area (Å²) < 4.78 is 0. The van der Waals surface area contributed by atoms with E-state index in [9.17, 15) is 0 Å². The Morgan fingerprint density at radius 3 is 2.19 bits per heavy atom. The maximum atomic E-state index is 3.84. The number of benzene rings is 1. The van der Waals surface area contributed by atoms with Crippen molar-refractivity contribution >= 4 is 14.7 Å². The van der Waals surface area contributed by atoms with E-state index in [0.717, 1.165) is 5.92 Å². The molecule has 0 N–H and O–H groups in total. The summed E-state index contributed by atoms with van der Waals surface area (Å²) in [5.41, 5.74) is 3.18. The summed E-state index contributed by atoms with van der Waals surface area (Å²) >= 11 is 0. The Labute approximate surface area is 196 Å². The van der Waals surface area contributed by atoms with Crippen LogP contribution in [-0.4, -0.2) is 9.52 Å². The van der Waals surface area contributed by atoms with Gasteiger partial charge in [-0.25, -0.2) is 16.8 Å². The molecule has 0 atom stereocenters. The van der Waals surface area contributed by atoms with Gasteiger partial charge in [0.1, 0.15) is 0 Å². The molecular formula is C21H29Cl3SiTi. The van der Waals surface area contributed by atoms with Crippen LogP contribution in [0.25, 0.3) is 0 Å². The number of halogens is 3. The Kier molecular flexibility index (Phi) is 16.0. The van der Waals surface area contributed by atoms with Crippen LogP contribution in [0.1, 0.15) is 58.8 Å². The molecule has 0 radical (unpaired) electrons. The third-order valence-corrected chi connectivity index (χ3v) is 7.15. The van der Waals surface area contributed by atoms with Crippen LogP contribution in [0, 0.1) is 17.9 Å². The molecule has 1 aromatic rings. The van der Waals surface area contributed by atoms with Gasteiger partial charge in [0.15, 0.2) is 0 Å². The first kappa shape index (κ1) is 28.7. The van der Waals surface area contributed by atoms with Crippen LogP contribution < -0.4 is 42.4 Å². The molecule has 0 unspecified atom stereocenters. The van der Waals surface area contributed by atoms with Crippen molar-refractivity contribution in [1.82, 2.24) is 0 Å². The molecule has 2 aliphatic carbocycles. The van der Waals surface area contributed by atoms with Crippen molar-refractivity contribution in [1.29, 1.82) is 0 Å². The van der Waals surface area contributed by atoms with Crippen molar-refractivity contribution in [3.05, 3.63) is 52.8 Å². The van der Waals surface area contributed by atoms with Crippen molar-refractivity contribution in [3.63, 3.8) is 0 Å². The average molecular weight is 464 g/mol. The van der Waals surface area contributed by atoms with Gasteiger partial charge in [0.25, 0.3) is 0 Å². The van der Waals surface area contributed by atoms with Gasteiger partial charge >= 0.3 is 21.7 Å². The zero-order valence-corrected chi connectivity index (χ0v) is 21.1. The molecule has 5 heteroatoms. The van der Waals surface area contributed by atoms with Crippen molar-refractivity contribution in [2.75, 3.05) is 0 Å². The van der Waals surface area contributed by atoms with E-state index < -0.39 is 0 Å². The monoisotopic (exact) mass is 462 g/mol. The van der Waals surface area contributed by atoms with E-state index >= 15 is 0 Å². The molecule has 3 rings (SSSR count). The molecule has 1 fully saturated rings. The fourth-order valence-electron chi connectivity index (χ4n) is 4.09. The Morgan fingerprint density at radius 1 is 1.00 bits per heavy atom. The molecule has 0 bridgehead atoms. The zero-order valence-electron chi connectivity index (χ0n) is 15.8. The van der Waals surface area contributed by atoms with E-state index in [-0.39, 0.29) is 68.5 Å². The first-order chi connectivity index (χ1) is 10.7. The fourth-order valence-corrected chi connectivity index (χ4v) is 6.21. The largest absolute Gasteiger partial charge is 4.00 e. The summed E-state index contributed by atoms with van der Waals surface area (Å²) in [6.07, 6.45) is 13.7. The molecule has 0 heterocycles. The van der Waals surface area contributed by atoms with Gasteiger partial charge in [-0.15, -0.1) is 0 Å². The van der Waals surface area contributed by atoms with Crippen LogP contribution in [0.3, 0.4) is 0 Å². The van der Waals surface area contributed by atoms with Crippen LogP contribution in [0.4, 0.5) is 0 Å². The van der Waals surface area contributed by atoms with Gasteiger partial charge in [0.2, 0.25) is 0 Å². The second kappa shape index (κ2) is 14.5.